The highest BCUT2D eigenvalue weighted by molar-refractivity contribution is 5.91. The number of amides is 1. The molecule has 2 aromatic rings. The van der Waals surface area contributed by atoms with Crippen LogP contribution in [0.15, 0.2) is 47.1 Å². The maximum atomic E-state index is 12.2. The second kappa shape index (κ2) is 6.62. The monoisotopic (exact) mass is 315 g/mol. The van der Waals surface area contributed by atoms with Crippen molar-refractivity contribution in [3.8, 4) is 0 Å². The Kier molecular flexibility index (Phi) is 4.38. The predicted molar refractivity (Wildman–Crippen MR) is 83.0 cm³/mol. The summed E-state index contributed by atoms with van der Waals surface area (Å²) < 4.78 is 5.13. The van der Waals surface area contributed by atoms with E-state index in [1.807, 2.05) is 0 Å². The van der Waals surface area contributed by atoms with Crippen LogP contribution in [0.2, 0.25) is 0 Å². The Morgan fingerprint density at radius 2 is 1.87 bits per heavy atom. The molecule has 1 aliphatic rings. The summed E-state index contributed by atoms with van der Waals surface area (Å²) in [6, 6.07) is 10.1. The number of piperazine rings is 1. The number of carbonyl (C=O) groups excluding carboxylic acids is 1. The topological polar surface area (TPSA) is 79.8 Å². The minimum atomic E-state index is -0.355. The summed E-state index contributed by atoms with van der Waals surface area (Å²) in [6.45, 7) is 3.04. The summed E-state index contributed by atoms with van der Waals surface area (Å²) >= 11 is 0. The highest BCUT2D eigenvalue weighted by atomic mass is 16.6. The number of nitro groups is 1. The number of rotatable bonds is 4. The fourth-order valence-electron chi connectivity index (χ4n) is 2.73. The smallest absolute Gasteiger partial charge is 0.289 e. The van der Waals surface area contributed by atoms with Crippen molar-refractivity contribution in [1.82, 2.24) is 9.80 Å². The molecule has 120 valence electrons. The van der Waals surface area contributed by atoms with Crippen LogP contribution in [0.25, 0.3) is 0 Å². The lowest BCUT2D eigenvalue weighted by Crippen LogP contribution is -2.48. The van der Waals surface area contributed by atoms with Gasteiger partial charge >= 0.3 is 0 Å². The van der Waals surface area contributed by atoms with Crippen LogP contribution >= 0.6 is 0 Å². The van der Waals surface area contributed by atoms with Crippen LogP contribution in [0.3, 0.4) is 0 Å². The summed E-state index contributed by atoms with van der Waals surface area (Å²) in [5.74, 6) is 0.234. The molecule has 23 heavy (non-hydrogen) atoms. The summed E-state index contributed by atoms with van der Waals surface area (Å²) in [5.41, 5.74) is 0.838. The minimum Gasteiger partial charge on any atom is -0.459 e. The number of carbonyl (C=O) groups is 1. The predicted octanol–water partition coefficient (Wildman–Crippen LogP) is 2.15. The van der Waals surface area contributed by atoms with Crippen LogP contribution in [0.1, 0.15) is 16.1 Å². The molecule has 1 amide bonds. The maximum absolute atomic E-state index is 12.2. The molecule has 1 saturated heterocycles. The zero-order valence-electron chi connectivity index (χ0n) is 12.6. The molecule has 0 saturated carbocycles. The Hall–Kier alpha value is -2.67. The van der Waals surface area contributed by atoms with Crippen molar-refractivity contribution in [2.45, 2.75) is 6.54 Å². The zero-order chi connectivity index (χ0) is 16.2. The van der Waals surface area contributed by atoms with E-state index in [1.165, 1.54) is 12.3 Å². The lowest BCUT2D eigenvalue weighted by Gasteiger charge is -2.34. The molecule has 0 spiro atoms. The van der Waals surface area contributed by atoms with Crippen LogP contribution in [0, 0.1) is 10.1 Å². The van der Waals surface area contributed by atoms with Gasteiger partial charge in [-0.2, -0.15) is 0 Å². The largest absolute Gasteiger partial charge is 0.459 e. The Morgan fingerprint density at radius 1 is 1.13 bits per heavy atom. The number of para-hydroxylation sites is 1. The van der Waals surface area contributed by atoms with Crippen molar-refractivity contribution < 1.29 is 14.1 Å². The first kappa shape index (κ1) is 15.2. The lowest BCUT2D eigenvalue weighted by molar-refractivity contribution is -0.385. The fourth-order valence-corrected chi connectivity index (χ4v) is 2.73. The zero-order valence-corrected chi connectivity index (χ0v) is 12.6. The molecule has 1 aromatic carbocycles. The van der Waals surface area contributed by atoms with E-state index >= 15 is 0 Å². The van der Waals surface area contributed by atoms with E-state index in [1.54, 1.807) is 35.2 Å². The van der Waals surface area contributed by atoms with E-state index in [0.717, 1.165) is 0 Å². The van der Waals surface area contributed by atoms with E-state index < -0.39 is 0 Å². The van der Waals surface area contributed by atoms with Gasteiger partial charge in [0.2, 0.25) is 0 Å². The highest BCUT2D eigenvalue weighted by Gasteiger charge is 2.25. The molecule has 2 heterocycles. The first-order valence-corrected chi connectivity index (χ1v) is 7.42. The van der Waals surface area contributed by atoms with Crippen LogP contribution in [0.5, 0.6) is 0 Å². The third kappa shape index (κ3) is 3.40. The van der Waals surface area contributed by atoms with Crippen molar-refractivity contribution in [3.63, 3.8) is 0 Å². The van der Waals surface area contributed by atoms with Crippen molar-refractivity contribution in [3.05, 3.63) is 64.1 Å². The van der Waals surface area contributed by atoms with Gasteiger partial charge in [-0.25, -0.2) is 0 Å². The molecule has 1 aliphatic heterocycles. The SMILES string of the molecule is O=C(c1ccco1)N1CCN(Cc2ccccc2[N+](=O)[O-])CC1. The van der Waals surface area contributed by atoms with Gasteiger partial charge in [-0.15, -0.1) is 0 Å². The quantitative estimate of drug-likeness (QED) is 0.638. The lowest BCUT2D eigenvalue weighted by atomic mass is 10.1. The van der Waals surface area contributed by atoms with E-state index in [9.17, 15) is 14.9 Å². The summed E-state index contributed by atoms with van der Waals surface area (Å²) in [4.78, 5) is 26.8. The Morgan fingerprint density at radius 3 is 2.52 bits per heavy atom. The Labute approximate surface area is 133 Å². The summed E-state index contributed by atoms with van der Waals surface area (Å²) in [6.07, 6.45) is 1.48. The molecule has 7 nitrogen and oxygen atoms in total. The van der Waals surface area contributed by atoms with Crippen molar-refractivity contribution in [2.75, 3.05) is 26.2 Å². The van der Waals surface area contributed by atoms with E-state index in [0.29, 0.717) is 44.0 Å². The fraction of sp³-hybridized carbons (Fsp3) is 0.312. The molecule has 0 N–H and O–H groups in total. The van der Waals surface area contributed by atoms with Crippen LogP contribution < -0.4 is 0 Å². The summed E-state index contributed by atoms with van der Waals surface area (Å²) in [7, 11) is 0. The number of furan rings is 1. The average molecular weight is 315 g/mol. The van der Waals surface area contributed by atoms with Gasteiger partial charge in [0, 0.05) is 44.4 Å². The van der Waals surface area contributed by atoms with E-state index in [4.69, 9.17) is 4.42 Å². The minimum absolute atomic E-state index is 0.111. The van der Waals surface area contributed by atoms with Gasteiger partial charge < -0.3 is 9.32 Å². The average Bonchev–Trinajstić information content (AvgIpc) is 3.10. The summed E-state index contributed by atoms with van der Waals surface area (Å²) in [5, 5.41) is 11.1. The number of benzene rings is 1. The molecule has 1 fully saturated rings. The molecule has 0 radical (unpaired) electrons. The van der Waals surface area contributed by atoms with Crippen LogP contribution in [-0.4, -0.2) is 46.8 Å². The second-order valence-electron chi connectivity index (χ2n) is 5.43. The molecular formula is C16H17N3O4. The number of nitrogens with zero attached hydrogens (tertiary/aromatic N) is 3. The van der Waals surface area contributed by atoms with Crippen LogP contribution in [0.4, 0.5) is 5.69 Å². The molecular weight excluding hydrogens is 298 g/mol. The van der Waals surface area contributed by atoms with E-state index in [2.05, 4.69) is 4.90 Å². The van der Waals surface area contributed by atoms with Crippen molar-refractivity contribution in [2.24, 2.45) is 0 Å². The third-order valence-electron chi connectivity index (χ3n) is 3.97. The molecule has 0 bridgehead atoms. The van der Waals surface area contributed by atoms with Gasteiger partial charge in [-0.3, -0.25) is 19.8 Å². The van der Waals surface area contributed by atoms with Gasteiger partial charge in [-0.05, 0) is 12.1 Å². The molecule has 1 aromatic heterocycles. The number of hydrogen-bond donors (Lipinski definition) is 0. The normalized spacial score (nSPS) is 15.6. The molecule has 0 unspecified atom stereocenters. The van der Waals surface area contributed by atoms with Gasteiger partial charge in [0.25, 0.3) is 11.6 Å². The molecule has 7 heteroatoms. The van der Waals surface area contributed by atoms with Gasteiger partial charge in [0.15, 0.2) is 5.76 Å². The Bertz CT molecular complexity index is 691. The van der Waals surface area contributed by atoms with E-state index in [-0.39, 0.29) is 16.5 Å². The van der Waals surface area contributed by atoms with Crippen LogP contribution in [-0.2, 0) is 6.54 Å². The first-order chi connectivity index (χ1) is 11.1. The highest BCUT2D eigenvalue weighted by Crippen LogP contribution is 2.20. The van der Waals surface area contributed by atoms with Crippen molar-refractivity contribution in [1.29, 1.82) is 0 Å². The van der Waals surface area contributed by atoms with Gasteiger partial charge in [-0.1, -0.05) is 18.2 Å². The number of nitro benzene ring substituents is 1. The molecule has 3 rings (SSSR count). The Balaban J connectivity index is 1.60. The van der Waals surface area contributed by atoms with Gasteiger partial charge in [0.05, 0.1) is 11.2 Å². The first-order valence-electron chi connectivity index (χ1n) is 7.42. The second-order valence-corrected chi connectivity index (χ2v) is 5.43. The third-order valence-corrected chi connectivity index (χ3v) is 3.97. The maximum Gasteiger partial charge on any atom is 0.289 e. The van der Waals surface area contributed by atoms with Crippen molar-refractivity contribution >= 4 is 11.6 Å². The molecule has 0 atom stereocenters. The molecule has 0 aliphatic carbocycles. The standard InChI is InChI=1S/C16H17N3O4/c20-16(15-6-3-11-23-15)18-9-7-17(8-10-18)12-13-4-1-2-5-14(13)19(21)22/h1-6,11H,7-10,12H2. The van der Waals surface area contributed by atoms with Gasteiger partial charge in [0.1, 0.15) is 0 Å². The number of hydrogen-bond acceptors (Lipinski definition) is 5.